The smallest absolute Gasteiger partial charge is 0.221 e. The minimum atomic E-state index is -0.384. The fourth-order valence-electron chi connectivity index (χ4n) is 4.17. The summed E-state index contributed by atoms with van der Waals surface area (Å²) in [6, 6.07) is 2.02. The molecular formula is C22H30N2O4. The van der Waals surface area contributed by atoms with Crippen molar-refractivity contribution < 1.29 is 19.5 Å². The second kappa shape index (κ2) is 9.04. The van der Waals surface area contributed by atoms with Crippen LogP contribution in [0.3, 0.4) is 0 Å². The Balaban J connectivity index is 2.47. The molecule has 1 unspecified atom stereocenters. The van der Waals surface area contributed by atoms with Gasteiger partial charge in [0.05, 0.1) is 17.7 Å². The van der Waals surface area contributed by atoms with Crippen molar-refractivity contribution in [3.63, 3.8) is 0 Å². The lowest BCUT2D eigenvalue weighted by Crippen LogP contribution is -2.25. The maximum atomic E-state index is 12.9. The van der Waals surface area contributed by atoms with Crippen molar-refractivity contribution in [3.05, 3.63) is 45.2 Å². The highest BCUT2D eigenvalue weighted by Gasteiger charge is 2.33. The van der Waals surface area contributed by atoms with E-state index >= 15 is 0 Å². The Hall–Kier alpha value is -2.63. The van der Waals surface area contributed by atoms with Gasteiger partial charge in [0.15, 0.2) is 5.78 Å². The number of aliphatic hydroxyl groups excluding tert-OH is 1. The molecule has 0 saturated heterocycles. The van der Waals surface area contributed by atoms with Gasteiger partial charge in [-0.2, -0.15) is 0 Å². The predicted octanol–water partition coefficient (Wildman–Crippen LogP) is 3.70. The summed E-state index contributed by atoms with van der Waals surface area (Å²) in [5, 5.41) is 14.7. The van der Waals surface area contributed by atoms with Gasteiger partial charge >= 0.3 is 0 Å². The highest BCUT2D eigenvalue weighted by molar-refractivity contribution is 6.23. The van der Waals surface area contributed by atoms with Crippen molar-refractivity contribution in [2.45, 2.75) is 66.2 Å². The van der Waals surface area contributed by atoms with Gasteiger partial charge in [-0.15, -0.1) is 0 Å². The largest absolute Gasteiger partial charge is 0.511 e. The van der Waals surface area contributed by atoms with Crippen LogP contribution in [0.5, 0.6) is 0 Å². The van der Waals surface area contributed by atoms with Crippen molar-refractivity contribution in [2.75, 3.05) is 6.61 Å². The SMILES string of the molecule is CCO/N=C(/CC)C1=C(O)CC(c2c(C)cc(C)c(CC(N)=O)c2C)CC1=O. The lowest BCUT2D eigenvalue weighted by Gasteiger charge is -2.28. The summed E-state index contributed by atoms with van der Waals surface area (Å²) in [6.07, 6.45) is 1.30. The Morgan fingerprint density at radius 3 is 2.46 bits per heavy atom. The summed E-state index contributed by atoms with van der Waals surface area (Å²) in [7, 11) is 0. The number of aryl methyl sites for hydroxylation is 2. The molecule has 0 bridgehead atoms. The van der Waals surface area contributed by atoms with E-state index in [1.165, 1.54) is 0 Å². The zero-order valence-electron chi connectivity index (χ0n) is 17.4. The van der Waals surface area contributed by atoms with Gasteiger partial charge in [0.2, 0.25) is 5.91 Å². The highest BCUT2D eigenvalue weighted by Crippen LogP contribution is 2.39. The van der Waals surface area contributed by atoms with Crippen molar-refractivity contribution in [1.29, 1.82) is 0 Å². The van der Waals surface area contributed by atoms with Crippen LogP contribution in [0.4, 0.5) is 0 Å². The normalized spacial score (nSPS) is 17.8. The van der Waals surface area contributed by atoms with Crippen molar-refractivity contribution >= 4 is 17.4 Å². The van der Waals surface area contributed by atoms with Crippen LogP contribution in [0, 0.1) is 20.8 Å². The van der Waals surface area contributed by atoms with E-state index in [0.29, 0.717) is 25.2 Å². The van der Waals surface area contributed by atoms with Crippen LogP contribution >= 0.6 is 0 Å². The number of carbonyl (C=O) groups is 2. The van der Waals surface area contributed by atoms with Crippen LogP contribution in [0.2, 0.25) is 0 Å². The Labute approximate surface area is 166 Å². The molecule has 1 aliphatic rings. The second-order valence-electron chi connectivity index (χ2n) is 7.33. The fraction of sp³-hybridized carbons (Fsp3) is 0.500. The van der Waals surface area contributed by atoms with E-state index in [0.717, 1.165) is 27.8 Å². The molecule has 0 heterocycles. The minimum Gasteiger partial charge on any atom is -0.511 e. The van der Waals surface area contributed by atoms with Crippen LogP contribution < -0.4 is 5.73 Å². The number of nitrogens with zero attached hydrogens (tertiary/aromatic N) is 1. The number of aliphatic hydroxyl groups is 1. The lowest BCUT2D eigenvalue weighted by atomic mass is 9.76. The maximum Gasteiger partial charge on any atom is 0.221 e. The number of hydrogen-bond donors (Lipinski definition) is 2. The highest BCUT2D eigenvalue weighted by atomic mass is 16.6. The number of oxime groups is 1. The molecule has 0 saturated carbocycles. The number of ketones is 1. The second-order valence-corrected chi connectivity index (χ2v) is 7.33. The van der Waals surface area contributed by atoms with Gasteiger partial charge in [-0.25, -0.2) is 0 Å². The molecule has 1 amide bonds. The third kappa shape index (κ3) is 4.43. The van der Waals surface area contributed by atoms with E-state index in [4.69, 9.17) is 10.6 Å². The molecule has 28 heavy (non-hydrogen) atoms. The standard InChI is InChI=1S/C22H30N2O4/c1-6-17(24-28-7-2)22-18(25)9-15(10-19(22)26)21-13(4)8-12(3)16(14(21)5)11-20(23)27/h8,15,25H,6-7,9-11H2,1-5H3,(H2,23,27)/b24-17-. The minimum absolute atomic E-state index is 0.0531. The molecule has 2 rings (SSSR count). The van der Waals surface area contributed by atoms with E-state index in [9.17, 15) is 14.7 Å². The Morgan fingerprint density at radius 2 is 1.93 bits per heavy atom. The van der Waals surface area contributed by atoms with Crippen molar-refractivity contribution in [1.82, 2.24) is 0 Å². The molecule has 6 nitrogen and oxygen atoms in total. The first kappa shape index (κ1) is 21.7. The summed E-state index contributed by atoms with van der Waals surface area (Å²) in [4.78, 5) is 29.5. The van der Waals surface area contributed by atoms with E-state index in [-0.39, 0.29) is 41.8 Å². The Morgan fingerprint density at radius 1 is 1.25 bits per heavy atom. The van der Waals surface area contributed by atoms with Crippen LogP contribution in [0.1, 0.15) is 66.8 Å². The Bertz CT molecular complexity index is 853. The predicted molar refractivity (Wildman–Crippen MR) is 110 cm³/mol. The third-order valence-electron chi connectivity index (χ3n) is 5.32. The van der Waals surface area contributed by atoms with E-state index in [1.807, 2.05) is 40.7 Å². The molecule has 1 aromatic carbocycles. The Kier molecular flexibility index (Phi) is 7.00. The van der Waals surface area contributed by atoms with E-state index in [1.54, 1.807) is 0 Å². The van der Waals surface area contributed by atoms with Crippen LogP contribution in [-0.2, 0) is 20.8 Å². The molecular weight excluding hydrogens is 356 g/mol. The van der Waals surface area contributed by atoms with Crippen LogP contribution in [0.15, 0.2) is 22.6 Å². The molecule has 3 N–H and O–H groups in total. The number of Topliss-reactive ketones (excluding diaryl/α,β-unsaturated/α-hetero) is 1. The van der Waals surface area contributed by atoms with Gasteiger partial charge < -0.3 is 15.7 Å². The summed E-state index contributed by atoms with van der Waals surface area (Å²) in [5.74, 6) is -0.610. The van der Waals surface area contributed by atoms with Crippen LogP contribution in [0.25, 0.3) is 0 Å². The average Bonchev–Trinajstić information content (AvgIpc) is 2.60. The zero-order chi connectivity index (χ0) is 21.0. The molecule has 0 fully saturated rings. The summed E-state index contributed by atoms with van der Waals surface area (Å²) in [5.41, 5.74) is 11.1. The zero-order valence-corrected chi connectivity index (χ0v) is 17.4. The number of benzene rings is 1. The quantitative estimate of drug-likeness (QED) is 0.551. The molecule has 1 aliphatic carbocycles. The van der Waals surface area contributed by atoms with Crippen molar-refractivity contribution in [2.24, 2.45) is 10.9 Å². The van der Waals surface area contributed by atoms with Gasteiger partial charge in [-0.3, -0.25) is 9.59 Å². The molecule has 152 valence electrons. The number of hydrogen-bond acceptors (Lipinski definition) is 5. The third-order valence-corrected chi connectivity index (χ3v) is 5.32. The number of rotatable bonds is 7. The monoisotopic (exact) mass is 386 g/mol. The molecule has 0 aliphatic heterocycles. The molecule has 0 radical (unpaired) electrons. The fourth-order valence-corrected chi connectivity index (χ4v) is 4.17. The molecule has 6 heteroatoms. The van der Waals surface area contributed by atoms with E-state index < -0.39 is 0 Å². The topological polar surface area (TPSA) is 102 Å². The summed E-state index contributed by atoms with van der Waals surface area (Å²) < 4.78 is 0. The number of primary amides is 1. The molecule has 1 atom stereocenters. The first-order valence-electron chi connectivity index (χ1n) is 9.73. The molecule has 1 aromatic rings. The molecule has 0 aromatic heterocycles. The lowest BCUT2D eigenvalue weighted by molar-refractivity contribution is -0.117. The first-order chi connectivity index (χ1) is 13.2. The van der Waals surface area contributed by atoms with Gasteiger partial charge in [-0.05, 0) is 67.9 Å². The van der Waals surface area contributed by atoms with Gasteiger partial charge in [0.25, 0.3) is 0 Å². The van der Waals surface area contributed by atoms with E-state index in [2.05, 4.69) is 5.16 Å². The van der Waals surface area contributed by atoms with Gasteiger partial charge in [-0.1, -0.05) is 18.1 Å². The number of allylic oxidation sites excluding steroid dienone is 2. The number of amides is 1. The first-order valence-corrected chi connectivity index (χ1v) is 9.73. The average molecular weight is 386 g/mol. The number of carbonyl (C=O) groups excluding carboxylic acids is 2. The molecule has 0 spiro atoms. The van der Waals surface area contributed by atoms with Gasteiger partial charge in [0.1, 0.15) is 12.4 Å². The van der Waals surface area contributed by atoms with Crippen LogP contribution in [-0.4, -0.2) is 29.1 Å². The van der Waals surface area contributed by atoms with Crippen molar-refractivity contribution in [3.8, 4) is 0 Å². The summed E-state index contributed by atoms with van der Waals surface area (Å²) >= 11 is 0. The van der Waals surface area contributed by atoms with Gasteiger partial charge in [0, 0.05) is 12.8 Å². The maximum absolute atomic E-state index is 12.9. The number of nitrogens with two attached hydrogens (primary N) is 1. The summed E-state index contributed by atoms with van der Waals surface area (Å²) in [6.45, 7) is 10.0.